The first-order chi connectivity index (χ1) is 15.1. The number of nitrogens with one attached hydrogen (secondary N) is 2. The van der Waals surface area contributed by atoms with Crippen molar-refractivity contribution in [3.63, 3.8) is 0 Å². The first kappa shape index (κ1) is 24.2. The monoisotopic (exact) mass is 486 g/mol. The van der Waals surface area contributed by atoms with Gasteiger partial charge < -0.3 is 14.7 Å². The van der Waals surface area contributed by atoms with E-state index in [9.17, 15) is 22.7 Å². The molecule has 0 bridgehead atoms. The number of rotatable bonds is 9. The standard InChI is InChI=1S/C19H23FN4O6S2/c1-19(2,11-25)24-32(27,28)14-5-3-12(4-6-14)16(23-30-13-7-8-29-10-13)17(26)22-18-21-9-15(20)31-18/h3-6,9,13,24-25H,7-8,10-11H2,1-2H3,(H,21,22,26)/b23-16+/t13-/m1/s1. The summed E-state index contributed by atoms with van der Waals surface area (Å²) in [5, 5.41) is 15.2. The number of anilines is 1. The average Bonchev–Trinajstić information content (AvgIpc) is 3.39. The molecule has 0 aliphatic carbocycles. The van der Waals surface area contributed by atoms with Crippen molar-refractivity contribution in [2.45, 2.75) is 36.8 Å². The molecule has 1 aliphatic heterocycles. The SMILES string of the molecule is CC(C)(CO)NS(=O)(=O)c1ccc(/C(=N\O[C@@H]2CCOC2)C(=O)Nc2ncc(F)s2)cc1. The van der Waals surface area contributed by atoms with Crippen molar-refractivity contribution < 1.29 is 32.3 Å². The fourth-order valence-electron chi connectivity index (χ4n) is 2.66. The van der Waals surface area contributed by atoms with Crippen molar-refractivity contribution in [3.05, 3.63) is 41.2 Å². The normalized spacial score (nSPS) is 17.4. The molecular weight excluding hydrogens is 463 g/mol. The van der Waals surface area contributed by atoms with Gasteiger partial charge in [0.2, 0.25) is 10.0 Å². The molecule has 1 saturated heterocycles. The Morgan fingerprint density at radius 3 is 2.69 bits per heavy atom. The summed E-state index contributed by atoms with van der Waals surface area (Å²) in [7, 11) is -3.91. The van der Waals surface area contributed by atoms with E-state index in [0.29, 0.717) is 31.0 Å². The summed E-state index contributed by atoms with van der Waals surface area (Å²) in [4.78, 5) is 21.9. The molecule has 1 aromatic heterocycles. The Kier molecular flexibility index (Phi) is 7.56. The van der Waals surface area contributed by atoms with E-state index in [1.165, 1.54) is 24.3 Å². The summed E-state index contributed by atoms with van der Waals surface area (Å²) in [6.45, 7) is 3.55. The van der Waals surface area contributed by atoms with Gasteiger partial charge in [-0.1, -0.05) is 28.6 Å². The lowest BCUT2D eigenvalue weighted by Crippen LogP contribution is -2.46. The van der Waals surface area contributed by atoms with Crippen LogP contribution >= 0.6 is 11.3 Å². The number of sulfonamides is 1. The van der Waals surface area contributed by atoms with Crippen LogP contribution in [0.4, 0.5) is 9.52 Å². The smallest absolute Gasteiger partial charge is 0.280 e. The fourth-order valence-corrected chi connectivity index (χ4v) is 4.61. The molecular formula is C19H23FN4O6S2. The lowest BCUT2D eigenvalue weighted by Gasteiger charge is -2.23. The second-order valence-corrected chi connectivity index (χ2v) is 10.3. The van der Waals surface area contributed by atoms with Crippen molar-refractivity contribution in [1.29, 1.82) is 0 Å². The molecule has 0 saturated carbocycles. The van der Waals surface area contributed by atoms with Crippen LogP contribution in [0.25, 0.3) is 0 Å². The molecule has 13 heteroatoms. The van der Waals surface area contributed by atoms with Gasteiger partial charge in [0.05, 0.1) is 36.5 Å². The second kappa shape index (κ2) is 10.0. The van der Waals surface area contributed by atoms with Crippen molar-refractivity contribution in [2.75, 3.05) is 25.1 Å². The zero-order valence-corrected chi connectivity index (χ0v) is 19.0. The molecule has 1 aliphatic rings. The molecule has 1 fully saturated rings. The Labute approximate surface area is 188 Å². The van der Waals surface area contributed by atoms with Crippen LogP contribution in [0, 0.1) is 5.13 Å². The fraction of sp³-hybridized carbons (Fsp3) is 0.421. The maximum absolute atomic E-state index is 13.2. The summed E-state index contributed by atoms with van der Waals surface area (Å²) in [6.07, 6.45) is 1.27. The molecule has 2 aromatic rings. The summed E-state index contributed by atoms with van der Waals surface area (Å²) in [5.41, 5.74) is -0.914. The Morgan fingerprint density at radius 1 is 1.41 bits per heavy atom. The van der Waals surface area contributed by atoms with Crippen molar-refractivity contribution in [1.82, 2.24) is 9.71 Å². The van der Waals surface area contributed by atoms with E-state index in [4.69, 9.17) is 9.57 Å². The number of hydrogen-bond donors (Lipinski definition) is 3. The van der Waals surface area contributed by atoms with Crippen LogP contribution in [0.3, 0.4) is 0 Å². The minimum absolute atomic E-state index is 0.0408. The Hall–Kier alpha value is -2.45. The molecule has 174 valence electrons. The minimum atomic E-state index is -3.91. The number of carbonyl (C=O) groups excluding carboxylic acids is 1. The van der Waals surface area contributed by atoms with E-state index in [1.54, 1.807) is 13.8 Å². The Bertz CT molecular complexity index is 1080. The van der Waals surface area contributed by atoms with E-state index < -0.39 is 26.6 Å². The van der Waals surface area contributed by atoms with Crippen LogP contribution in [-0.2, 0) is 24.4 Å². The molecule has 0 unspecified atom stereocenters. The lowest BCUT2D eigenvalue weighted by molar-refractivity contribution is -0.110. The number of nitrogens with zero attached hydrogens (tertiary/aromatic N) is 2. The molecule has 1 aromatic carbocycles. The zero-order chi connectivity index (χ0) is 23.4. The predicted octanol–water partition coefficient (Wildman–Crippen LogP) is 1.48. The van der Waals surface area contributed by atoms with Gasteiger partial charge in [-0.25, -0.2) is 18.1 Å². The third-order valence-corrected chi connectivity index (χ3v) is 6.75. The van der Waals surface area contributed by atoms with Gasteiger partial charge in [0.25, 0.3) is 5.91 Å². The summed E-state index contributed by atoms with van der Waals surface area (Å²) in [5.74, 6) is -0.701. The van der Waals surface area contributed by atoms with Crippen molar-refractivity contribution in [2.24, 2.45) is 5.16 Å². The van der Waals surface area contributed by atoms with Gasteiger partial charge in [-0.15, -0.1) is 0 Å². The van der Waals surface area contributed by atoms with Gasteiger partial charge in [-0.2, -0.15) is 4.39 Å². The van der Waals surface area contributed by atoms with E-state index >= 15 is 0 Å². The highest BCUT2D eigenvalue weighted by atomic mass is 32.2. The van der Waals surface area contributed by atoms with Gasteiger partial charge in [0.1, 0.15) is 0 Å². The van der Waals surface area contributed by atoms with Crippen LogP contribution < -0.4 is 10.0 Å². The van der Waals surface area contributed by atoms with Crippen molar-refractivity contribution in [3.8, 4) is 0 Å². The van der Waals surface area contributed by atoms with Gasteiger partial charge in [0, 0.05) is 12.0 Å². The number of halogens is 1. The molecule has 10 nitrogen and oxygen atoms in total. The zero-order valence-electron chi connectivity index (χ0n) is 17.4. The quantitative estimate of drug-likeness (QED) is 0.360. The first-order valence-electron chi connectivity index (χ1n) is 9.59. The lowest BCUT2D eigenvalue weighted by atomic mass is 10.1. The van der Waals surface area contributed by atoms with Gasteiger partial charge in [-0.05, 0) is 26.0 Å². The van der Waals surface area contributed by atoms with Crippen LogP contribution in [0.15, 0.2) is 40.5 Å². The van der Waals surface area contributed by atoms with Crippen LogP contribution in [-0.4, -0.2) is 61.6 Å². The van der Waals surface area contributed by atoms with Crippen molar-refractivity contribution >= 4 is 38.1 Å². The molecule has 3 rings (SSSR count). The molecule has 2 heterocycles. The third-order valence-electron chi connectivity index (χ3n) is 4.34. The molecule has 3 N–H and O–H groups in total. The van der Waals surface area contributed by atoms with E-state index in [1.807, 2.05) is 0 Å². The van der Waals surface area contributed by atoms with Crippen LogP contribution in [0.1, 0.15) is 25.8 Å². The minimum Gasteiger partial charge on any atom is -0.394 e. The molecule has 0 spiro atoms. The Balaban J connectivity index is 1.85. The molecule has 32 heavy (non-hydrogen) atoms. The van der Waals surface area contributed by atoms with Crippen LogP contribution in [0.5, 0.6) is 0 Å². The maximum Gasteiger partial charge on any atom is 0.280 e. The number of aromatic nitrogens is 1. The van der Waals surface area contributed by atoms with Gasteiger partial charge in [-0.3, -0.25) is 10.1 Å². The van der Waals surface area contributed by atoms with Gasteiger partial charge in [0.15, 0.2) is 22.1 Å². The first-order valence-corrected chi connectivity index (χ1v) is 11.9. The van der Waals surface area contributed by atoms with E-state index in [0.717, 1.165) is 6.20 Å². The topological polar surface area (TPSA) is 139 Å². The number of aliphatic hydroxyl groups excluding tert-OH is 1. The van der Waals surface area contributed by atoms with E-state index in [2.05, 4.69) is 20.2 Å². The number of thiazole rings is 1. The molecule has 1 amide bonds. The molecule has 1 atom stereocenters. The average molecular weight is 487 g/mol. The van der Waals surface area contributed by atoms with Gasteiger partial charge >= 0.3 is 0 Å². The summed E-state index contributed by atoms with van der Waals surface area (Å²) < 4.78 is 45.9. The summed E-state index contributed by atoms with van der Waals surface area (Å²) in [6, 6.07) is 5.40. The second-order valence-electron chi connectivity index (χ2n) is 7.63. The predicted molar refractivity (Wildman–Crippen MR) is 115 cm³/mol. The number of benzene rings is 1. The van der Waals surface area contributed by atoms with Crippen LogP contribution in [0.2, 0.25) is 0 Å². The number of carbonyl (C=O) groups is 1. The Morgan fingerprint density at radius 2 is 2.12 bits per heavy atom. The number of oxime groups is 1. The maximum atomic E-state index is 13.2. The number of hydrogen-bond acceptors (Lipinski definition) is 9. The number of ether oxygens (including phenoxy) is 1. The highest BCUT2D eigenvalue weighted by molar-refractivity contribution is 7.89. The highest BCUT2D eigenvalue weighted by Crippen LogP contribution is 2.19. The largest absolute Gasteiger partial charge is 0.394 e. The van der Waals surface area contributed by atoms with E-state index in [-0.39, 0.29) is 34.0 Å². The number of aliphatic hydroxyl groups is 1. The third kappa shape index (κ3) is 6.29. The molecule has 0 radical (unpaired) electrons. The summed E-state index contributed by atoms with van der Waals surface area (Å²) >= 11 is 0.652. The highest BCUT2D eigenvalue weighted by Gasteiger charge is 2.26. The number of amides is 1.